The molecule has 0 bridgehead atoms. The lowest BCUT2D eigenvalue weighted by Gasteiger charge is -2.15. The maximum Gasteiger partial charge on any atom is 0.335 e. The van der Waals surface area contributed by atoms with Gasteiger partial charge in [0, 0.05) is 23.1 Å². The molecule has 8 heteroatoms. The lowest BCUT2D eigenvalue weighted by molar-refractivity contribution is 0.0697. The Kier molecular flexibility index (Phi) is 7.90. The summed E-state index contributed by atoms with van der Waals surface area (Å²) in [4.78, 5) is 10.9. The van der Waals surface area contributed by atoms with Crippen molar-refractivity contribution in [3.05, 3.63) is 92.2 Å². The highest BCUT2D eigenvalue weighted by Crippen LogP contribution is 2.34. The number of halogens is 3. The van der Waals surface area contributed by atoms with E-state index in [2.05, 4.69) is 21.2 Å². The van der Waals surface area contributed by atoms with Crippen molar-refractivity contribution >= 4 is 33.5 Å². The zero-order valence-electron chi connectivity index (χ0n) is 16.6. The number of hydrogen-bond acceptors (Lipinski definition) is 4. The fourth-order valence-corrected chi connectivity index (χ4v) is 3.57. The van der Waals surface area contributed by atoms with Gasteiger partial charge in [0.1, 0.15) is 12.4 Å². The summed E-state index contributed by atoms with van der Waals surface area (Å²) >= 11 is 9.62. The normalized spacial score (nSPS) is 10.7. The molecule has 0 saturated heterocycles. The van der Waals surface area contributed by atoms with Crippen LogP contribution in [0.3, 0.4) is 0 Å². The van der Waals surface area contributed by atoms with E-state index in [0.717, 1.165) is 15.6 Å². The van der Waals surface area contributed by atoms with Gasteiger partial charge < -0.3 is 19.9 Å². The third-order valence-corrected chi connectivity index (χ3v) is 5.67. The van der Waals surface area contributed by atoms with Gasteiger partial charge in [-0.2, -0.15) is 0 Å². The van der Waals surface area contributed by atoms with Gasteiger partial charge in [0.05, 0.1) is 17.7 Å². The summed E-state index contributed by atoms with van der Waals surface area (Å²) in [5, 5.41) is 12.6. The molecule has 0 spiro atoms. The van der Waals surface area contributed by atoms with Gasteiger partial charge in [-0.3, -0.25) is 0 Å². The number of carboxylic acids is 1. The highest BCUT2D eigenvalue weighted by molar-refractivity contribution is 9.10. The van der Waals surface area contributed by atoms with E-state index >= 15 is 0 Å². The number of carboxylic acid groups (broad SMARTS) is 1. The van der Waals surface area contributed by atoms with Gasteiger partial charge in [-0.25, -0.2) is 9.18 Å². The largest absolute Gasteiger partial charge is 0.493 e. The number of carbonyl (C=O) groups is 1. The molecular weight excluding hydrogens is 489 g/mol. The first-order chi connectivity index (χ1) is 14.9. The molecule has 0 atom stereocenters. The molecule has 0 saturated carbocycles. The van der Waals surface area contributed by atoms with Gasteiger partial charge in [0.2, 0.25) is 0 Å². The molecule has 3 aromatic carbocycles. The Morgan fingerprint density at radius 2 is 1.81 bits per heavy atom. The first kappa shape index (κ1) is 23.1. The quantitative estimate of drug-likeness (QED) is 0.381. The Hall–Kier alpha value is -2.61. The van der Waals surface area contributed by atoms with Gasteiger partial charge in [-0.1, -0.05) is 45.7 Å². The SMILES string of the molecule is COc1cc(CNCc2ccc(C(=O)O)cc2)c(Br)cc1OCc1ccc(F)cc1Cl. The summed E-state index contributed by atoms with van der Waals surface area (Å²) in [6.45, 7) is 1.31. The van der Waals surface area contributed by atoms with Crippen LogP contribution in [0.5, 0.6) is 11.5 Å². The fraction of sp³-hybridized carbons (Fsp3) is 0.174. The molecule has 0 aliphatic rings. The van der Waals surface area contributed by atoms with Gasteiger partial charge in [-0.05, 0) is 47.5 Å². The van der Waals surface area contributed by atoms with Crippen molar-refractivity contribution in [1.82, 2.24) is 5.32 Å². The predicted octanol–water partition coefficient (Wildman–Crippen LogP) is 5.82. The second-order valence-corrected chi connectivity index (χ2v) is 7.99. The average Bonchev–Trinajstić information content (AvgIpc) is 2.74. The van der Waals surface area contributed by atoms with Crippen molar-refractivity contribution in [3.63, 3.8) is 0 Å². The average molecular weight is 509 g/mol. The van der Waals surface area contributed by atoms with Crippen molar-refractivity contribution in [2.45, 2.75) is 19.7 Å². The fourth-order valence-electron chi connectivity index (χ4n) is 2.89. The van der Waals surface area contributed by atoms with E-state index in [1.54, 1.807) is 37.4 Å². The van der Waals surface area contributed by atoms with Gasteiger partial charge in [0.15, 0.2) is 11.5 Å². The molecule has 0 radical (unpaired) electrons. The summed E-state index contributed by atoms with van der Waals surface area (Å²) in [5.41, 5.74) is 2.87. The Morgan fingerprint density at radius 1 is 1.06 bits per heavy atom. The van der Waals surface area contributed by atoms with Crippen molar-refractivity contribution < 1.29 is 23.8 Å². The number of nitrogens with one attached hydrogen (secondary N) is 1. The zero-order chi connectivity index (χ0) is 22.4. The molecule has 3 rings (SSSR count). The molecular formula is C23H20BrClFNO4. The molecule has 0 heterocycles. The van der Waals surface area contributed by atoms with Gasteiger partial charge in [0.25, 0.3) is 0 Å². The molecule has 0 amide bonds. The van der Waals surface area contributed by atoms with Crippen LogP contribution in [0.2, 0.25) is 5.02 Å². The molecule has 0 aliphatic carbocycles. The first-order valence-electron chi connectivity index (χ1n) is 9.33. The lowest BCUT2D eigenvalue weighted by atomic mass is 10.1. The Labute approximate surface area is 192 Å². The third-order valence-electron chi connectivity index (χ3n) is 4.58. The molecule has 3 aromatic rings. The van der Waals surface area contributed by atoms with Crippen LogP contribution in [-0.4, -0.2) is 18.2 Å². The maximum atomic E-state index is 13.2. The second-order valence-electron chi connectivity index (χ2n) is 6.72. The lowest BCUT2D eigenvalue weighted by Crippen LogP contribution is -2.13. The van der Waals surface area contributed by atoms with Crippen LogP contribution in [0.15, 0.2) is 59.1 Å². The standard InChI is InChI=1S/C23H20BrClFNO4/c1-30-21-8-17(12-27-11-14-2-4-15(5-3-14)23(28)29)19(24)10-22(21)31-13-16-6-7-18(26)9-20(16)25/h2-10,27H,11-13H2,1H3,(H,28,29). The number of hydrogen-bond donors (Lipinski definition) is 2. The smallest absolute Gasteiger partial charge is 0.335 e. The molecule has 2 N–H and O–H groups in total. The van der Waals surface area contributed by atoms with Crippen LogP contribution in [-0.2, 0) is 19.7 Å². The van der Waals surface area contributed by atoms with Crippen LogP contribution in [0.25, 0.3) is 0 Å². The van der Waals surface area contributed by atoms with E-state index in [1.807, 2.05) is 12.1 Å². The number of rotatable bonds is 9. The molecule has 0 aromatic heterocycles. The molecule has 0 fully saturated rings. The summed E-state index contributed by atoms with van der Waals surface area (Å²) in [7, 11) is 1.56. The summed E-state index contributed by atoms with van der Waals surface area (Å²) < 4.78 is 25.3. The molecule has 0 unspecified atom stereocenters. The summed E-state index contributed by atoms with van der Waals surface area (Å²) in [6.07, 6.45) is 0. The summed E-state index contributed by atoms with van der Waals surface area (Å²) in [5.74, 6) is -0.255. The number of benzene rings is 3. The third kappa shape index (κ3) is 6.19. The summed E-state index contributed by atoms with van der Waals surface area (Å²) in [6, 6.07) is 14.6. The first-order valence-corrected chi connectivity index (χ1v) is 10.5. The Bertz CT molecular complexity index is 1080. The monoisotopic (exact) mass is 507 g/mol. The number of ether oxygens (including phenoxy) is 2. The number of methoxy groups -OCH3 is 1. The van der Waals surface area contributed by atoms with Crippen molar-refractivity contribution in [2.24, 2.45) is 0 Å². The second kappa shape index (κ2) is 10.6. The van der Waals surface area contributed by atoms with E-state index in [9.17, 15) is 9.18 Å². The topological polar surface area (TPSA) is 67.8 Å². The Morgan fingerprint density at radius 3 is 2.45 bits per heavy atom. The Balaban J connectivity index is 1.63. The molecule has 31 heavy (non-hydrogen) atoms. The van der Waals surface area contributed by atoms with E-state index in [1.165, 1.54) is 12.1 Å². The predicted molar refractivity (Wildman–Crippen MR) is 120 cm³/mol. The van der Waals surface area contributed by atoms with Crippen LogP contribution >= 0.6 is 27.5 Å². The molecule has 162 valence electrons. The maximum absolute atomic E-state index is 13.2. The van der Waals surface area contributed by atoms with Crippen molar-refractivity contribution in [1.29, 1.82) is 0 Å². The van der Waals surface area contributed by atoms with Gasteiger partial charge >= 0.3 is 5.97 Å². The van der Waals surface area contributed by atoms with Crippen molar-refractivity contribution in [3.8, 4) is 11.5 Å². The van der Waals surface area contributed by atoms with E-state index in [0.29, 0.717) is 35.2 Å². The van der Waals surface area contributed by atoms with E-state index < -0.39 is 11.8 Å². The van der Waals surface area contributed by atoms with Crippen LogP contribution in [0, 0.1) is 5.82 Å². The van der Waals surface area contributed by atoms with Crippen LogP contribution < -0.4 is 14.8 Å². The minimum atomic E-state index is -0.945. The highest BCUT2D eigenvalue weighted by Gasteiger charge is 2.12. The minimum Gasteiger partial charge on any atom is -0.493 e. The van der Waals surface area contributed by atoms with E-state index in [4.69, 9.17) is 26.2 Å². The van der Waals surface area contributed by atoms with Crippen LogP contribution in [0.4, 0.5) is 4.39 Å². The minimum absolute atomic E-state index is 0.172. The molecule has 0 aliphatic heterocycles. The zero-order valence-corrected chi connectivity index (χ0v) is 19.0. The number of aromatic carboxylic acids is 1. The van der Waals surface area contributed by atoms with Crippen molar-refractivity contribution in [2.75, 3.05) is 7.11 Å². The van der Waals surface area contributed by atoms with E-state index in [-0.39, 0.29) is 12.2 Å². The highest BCUT2D eigenvalue weighted by atomic mass is 79.9. The van der Waals surface area contributed by atoms with Gasteiger partial charge in [-0.15, -0.1) is 0 Å². The molecule has 5 nitrogen and oxygen atoms in total. The van der Waals surface area contributed by atoms with Crippen LogP contribution in [0.1, 0.15) is 27.0 Å².